The van der Waals surface area contributed by atoms with E-state index < -0.39 is 11.1 Å². The predicted octanol–water partition coefficient (Wildman–Crippen LogP) is 4.20. The minimum atomic E-state index is -3.16. The van der Waals surface area contributed by atoms with Gasteiger partial charge >= 0.3 is 0 Å². The predicted molar refractivity (Wildman–Crippen MR) is 88.6 cm³/mol. The monoisotopic (exact) mass is 478 g/mol. The van der Waals surface area contributed by atoms with E-state index in [9.17, 15) is 8.42 Å². The molecule has 5 heteroatoms. The summed E-state index contributed by atoms with van der Waals surface area (Å²) >= 11 is 3.84. The molecule has 0 radical (unpaired) electrons. The number of hydrogen-bond donors (Lipinski definition) is 0. The lowest BCUT2D eigenvalue weighted by atomic mass is 9.88. The second-order valence-corrected chi connectivity index (χ2v) is 13.8. The van der Waals surface area contributed by atoms with Crippen molar-refractivity contribution < 1.29 is 8.42 Å². The molecule has 0 aromatic heterocycles. The van der Waals surface area contributed by atoms with E-state index in [-0.39, 0.29) is 5.41 Å². The number of benzene rings is 1. The van der Waals surface area contributed by atoms with E-state index >= 15 is 0 Å². The summed E-state index contributed by atoms with van der Waals surface area (Å²) in [6, 6.07) is 7.24. The maximum absolute atomic E-state index is 11.9. The summed E-state index contributed by atoms with van der Waals surface area (Å²) in [7, 11) is -3.16. The summed E-state index contributed by atoms with van der Waals surface area (Å²) in [4.78, 5) is 0.406. The van der Waals surface area contributed by atoms with Gasteiger partial charge in [0.1, 0.15) is 0 Å². The first kappa shape index (κ1) is 15.7. The van der Waals surface area contributed by atoms with E-state index in [0.717, 1.165) is 6.42 Å². The van der Waals surface area contributed by atoms with Crippen LogP contribution < -0.4 is 0 Å². The summed E-state index contributed by atoms with van der Waals surface area (Å²) in [5, 5.41) is 0. The zero-order chi connectivity index (χ0) is 13.3. The highest BCUT2D eigenvalue weighted by molar-refractivity contribution is 14.2. The Balaban J connectivity index is 2.97. The van der Waals surface area contributed by atoms with Crippen LogP contribution in [0.3, 0.4) is 0 Å². The standard InChI is InChI=1S/C12H16I2O2S/c1-12(2,3)8-9-4-6-10(7-5-9)17(15,16)11(13)14/h4-7,11H,8H2,1-3H3. The minimum Gasteiger partial charge on any atom is -0.222 e. The van der Waals surface area contributed by atoms with Gasteiger partial charge in [-0.2, -0.15) is 0 Å². The average molecular weight is 478 g/mol. The lowest BCUT2D eigenvalue weighted by molar-refractivity contribution is 0.411. The summed E-state index contributed by atoms with van der Waals surface area (Å²) < 4.78 is 23.4. The summed E-state index contributed by atoms with van der Waals surface area (Å²) in [5.74, 6) is 0. The molecule has 0 aliphatic carbocycles. The third-order valence-electron chi connectivity index (χ3n) is 2.22. The maximum atomic E-state index is 11.9. The van der Waals surface area contributed by atoms with Crippen molar-refractivity contribution in [1.82, 2.24) is 0 Å². The smallest absolute Gasteiger partial charge is 0.199 e. The molecular formula is C12H16I2O2S. The normalized spacial score (nSPS) is 13.1. The second kappa shape index (κ2) is 5.73. The van der Waals surface area contributed by atoms with E-state index in [2.05, 4.69) is 20.8 Å². The molecule has 0 atom stereocenters. The van der Waals surface area contributed by atoms with Gasteiger partial charge in [0.15, 0.2) is 11.1 Å². The number of rotatable bonds is 3. The zero-order valence-corrected chi connectivity index (χ0v) is 15.2. The Bertz CT molecular complexity index is 470. The molecule has 0 spiro atoms. The van der Waals surface area contributed by atoms with Crippen molar-refractivity contribution in [3.05, 3.63) is 29.8 Å². The van der Waals surface area contributed by atoms with Crippen LogP contribution in [0.1, 0.15) is 26.3 Å². The van der Waals surface area contributed by atoms with Gasteiger partial charge in [-0.05, 0) is 29.5 Å². The SMILES string of the molecule is CC(C)(C)Cc1ccc(S(=O)(=O)C(I)I)cc1. The van der Waals surface area contributed by atoms with Gasteiger partial charge in [-0.3, -0.25) is 0 Å². The highest BCUT2D eigenvalue weighted by atomic mass is 127. The van der Waals surface area contributed by atoms with E-state index in [1.165, 1.54) is 5.56 Å². The molecule has 1 rings (SSSR count). The molecule has 0 bridgehead atoms. The molecule has 96 valence electrons. The Morgan fingerprint density at radius 1 is 1.12 bits per heavy atom. The van der Waals surface area contributed by atoms with Gasteiger partial charge < -0.3 is 0 Å². The van der Waals surface area contributed by atoms with Gasteiger partial charge in [-0.15, -0.1) is 0 Å². The van der Waals surface area contributed by atoms with Crippen molar-refractivity contribution in [2.75, 3.05) is 0 Å². The van der Waals surface area contributed by atoms with Crippen molar-refractivity contribution in [3.8, 4) is 0 Å². The van der Waals surface area contributed by atoms with Gasteiger partial charge in [-0.25, -0.2) is 8.42 Å². The molecule has 0 fully saturated rings. The van der Waals surface area contributed by atoms with Gasteiger partial charge in [0.2, 0.25) is 0 Å². The number of halogens is 2. The fraction of sp³-hybridized carbons (Fsp3) is 0.500. The van der Waals surface area contributed by atoms with Crippen molar-refractivity contribution in [2.24, 2.45) is 5.41 Å². The largest absolute Gasteiger partial charge is 0.222 e. The molecule has 1 aromatic carbocycles. The van der Waals surface area contributed by atoms with Gasteiger partial charge in [0, 0.05) is 0 Å². The molecule has 1 aromatic rings. The molecule has 0 aliphatic rings. The fourth-order valence-corrected chi connectivity index (χ4v) is 3.99. The van der Waals surface area contributed by atoms with Crippen molar-refractivity contribution in [3.63, 3.8) is 0 Å². The number of alkyl halides is 2. The topological polar surface area (TPSA) is 34.1 Å². The molecule has 0 aliphatic heterocycles. The maximum Gasteiger partial charge on any atom is 0.199 e. The first-order valence-electron chi connectivity index (χ1n) is 5.24. The van der Waals surface area contributed by atoms with Gasteiger partial charge in [0.25, 0.3) is 0 Å². The van der Waals surface area contributed by atoms with Crippen LogP contribution in [0, 0.1) is 5.41 Å². The highest BCUT2D eigenvalue weighted by Crippen LogP contribution is 2.27. The fourth-order valence-electron chi connectivity index (χ4n) is 1.51. The van der Waals surface area contributed by atoms with Gasteiger partial charge in [0.05, 0.1) is 4.90 Å². The van der Waals surface area contributed by atoms with Crippen molar-refractivity contribution in [1.29, 1.82) is 0 Å². The quantitative estimate of drug-likeness (QED) is 0.483. The molecule has 2 nitrogen and oxygen atoms in total. The first-order valence-corrected chi connectivity index (χ1v) is 9.28. The van der Waals surface area contributed by atoms with E-state index in [4.69, 9.17) is 0 Å². The van der Waals surface area contributed by atoms with Crippen molar-refractivity contribution in [2.45, 2.75) is 33.4 Å². The van der Waals surface area contributed by atoms with Crippen LogP contribution in [-0.2, 0) is 16.3 Å². The van der Waals surface area contributed by atoms with Crippen LogP contribution in [0.5, 0.6) is 0 Å². The van der Waals surface area contributed by atoms with Gasteiger partial charge in [-0.1, -0.05) is 78.1 Å². The molecule has 0 amide bonds. The Morgan fingerprint density at radius 2 is 1.59 bits per heavy atom. The van der Waals surface area contributed by atoms with E-state index in [0.29, 0.717) is 4.90 Å². The molecule has 0 unspecified atom stereocenters. The minimum absolute atomic E-state index is 0.218. The third kappa shape index (κ3) is 4.66. The Kier molecular flexibility index (Phi) is 5.29. The van der Waals surface area contributed by atoms with Crippen LogP contribution in [0.15, 0.2) is 29.2 Å². The lowest BCUT2D eigenvalue weighted by Crippen LogP contribution is -2.10. The van der Waals surface area contributed by atoms with Crippen LogP contribution >= 0.6 is 45.2 Å². The second-order valence-electron chi connectivity index (χ2n) is 5.19. The van der Waals surface area contributed by atoms with Crippen LogP contribution in [0.4, 0.5) is 0 Å². The lowest BCUT2D eigenvalue weighted by Gasteiger charge is -2.18. The van der Waals surface area contributed by atoms with E-state index in [1.54, 1.807) is 12.1 Å². The number of sulfone groups is 1. The Hall–Kier alpha value is 0.630. The van der Waals surface area contributed by atoms with E-state index in [1.807, 2.05) is 57.3 Å². The Morgan fingerprint density at radius 3 is 1.94 bits per heavy atom. The molecule has 0 saturated heterocycles. The highest BCUT2D eigenvalue weighted by Gasteiger charge is 2.22. The molecule has 17 heavy (non-hydrogen) atoms. The van der Waals surface area contributed by atoms with Crippen LogP contribution in [0.25, 0.3) is 0 Å². The summed E-state index contributed by atoms with van der Waals surface area (Å²) in [6.45, 7) is 6.51. The van der Waals surface area contributed by atoms with Crippen LogP contribution in [-0.4, -0.2) is 9.68 Å². The Labute approximate surface area is 131 Å². The van der Waals surface area contributed by atoms with Crippen molar-refractivity contribution >= 4 is 55.0 Å². The summed E-state index contributed by atoms with van der Waals surface area (Å²) in [5.41, 5.74) is 1.39. The average Bonchev–Trinajstić information content (AvgIpc) is 2.15. The zero-order valence-electron chi connectivity index (χ0n) is 10.1. The van der Waals surface area contributed by atoms with Crippen LogP contribution in [0.2, 0.25) is 0 Å². The molecule has 0 saturated carbocycles. The molecular weight excluding hydrogens is 462 g/mol. The first-order chi connectivity index (χ1) is 7.63. The summed E-state index contributed by atoms with van der Waals surface area (Å²) in [6.07, 6.45) is 0.950. The molecule has 0 N–H and O–H groups in total. The third-order valence-corrected chi connectivity index (χ3v) is 7.64. The number of hydrogen-bond acceptors (Lipinski definition) is 2. The molecule has 0 heterocycles.